The summed E-state index contributed by atoms with van der Waals surface area (Å²) >= 11 is 6.29. The Bertz CT molecular complexity index is 895. The molecule has 0 spiro atoms. The number of aliphatic hydroxyl groups excluding tert-OH is 1. The number of anilines is 1. The van der Waals surface area contributed by atoms with Gasteiger partial charge in [-0.05, 0) is 43.7 Å². The van der Waals surface area contributed by atoms with E-state index in [9.17, 15) is 5.11 Å². The third kappa shape index (κ3) is 5.92. The predicted octanol–water partition coefficient (Wildman–Crippen LogP) is 2.62. The van der Waals surface area contributed by atoms with Crippen molar-refractivity contribution < 1.29 is 14.6 Å². The molecule has 2 unspecified atom stereocenters. The molecule has 0 saturated carbocycles. The molecule has 2 heterocycles. The second-order valence-electron chi connectivity index (χ2n) is 7.23. The van der Waals surface area contributed by atoms with Gasteiger partial charge in [0.2, 0.25) is 0 Å². The minimum absolute atomic E-state index is 0.182. The van der Waals surface area contributed by atoms with Crippen LogP contribution in [0.3, 0.4) is 0 Å². The van der Waals surface area contributed by atoms with Gasteiger partial charge in [0.15, 0.2) is 5.96 Å². The van der Waals surface area contributed by atoms with Gasteiger partial charge in [0, 0.05) is 37.4 Å². The number of halogens is 1. The molecule has 1 aromatic heterocycles. The average Bonchev–Trinajstić information content (AvgIpc) is 3.25. The molecule has 1 saturated heterocycles. The number of benzene rings is 1. The van der Waals surface area contributed by atoms with E-state index in [4.69, 9.17) is 21.1 Å². The summed E-state index contributed by atoms with van der Waals surface area (Å²) in [4.78, 5) is 11.2. The minimum atomic E-state index is -0.826. The number of aromatic nitrogens is 1. The number of hydrogen-bond donors (Lipinski definition) is 3. The quantitative estimate of drug-likeness (QED) is 0.423. The zero-order valence-electron chi connectivity index (χ0n) is 18.1. The molecule has 1 aromatic carbocycles. The Kier molecular flexibility index (Phi) is 8.20. The lowest BCUT2D eigenvalue weighted by Crippen LogP contribution is -2.44. The van der Waals surface area contributed by atoms with E-state index in [0.717, 1.165) is 25.3 Å². The van der Waals surface area contributed by atoms with Crippen molar-refractivity contribution in [2.75, 3.05) is 45.3 Å². The second-order valence-corrected chi connectivity index (χ2v) is 7.64. The van der Waals surface area contributed by atoms with Crippen LogP contribution < -0.4 is 25.0 Å². The number of ether oxygens (including phenoxy) is 2. The molecular weight excluding hydrogens is 418 g/mol. The number of aliphatic imine (C=N–C) groups is 1. The van der Waals surface area contributed by atoms with Crippen molar-refractivity contribution in [1.29, 1.82) is 0 Å². The number of rotatable bonds is 8. The zero-order valence-corrected chi connectivity index (χ0v) is 18.9. The highest BCUT2D eigenvalue weighted by molar-refractivity contribution is 6.32. The molecule has 31 heavy (non-hydrogen) atoms. The summed E-state index contributed by atoms with van der Waals surface area (Å²) in [5.41, 5.74) is 0.637. The normalized spacial score (nSPS) is 17.4. The minimum Gasteiger partial charge on any atom is -0.497 e. The van der Waals surface area contributed by atoms with Crippen LogP contribution in [0.4, 0.5) is 5.82 Å². The Morgan fingerprint density at radius 3 is 2.90 bits per heavy atom. The number of hydrogen-bond acceptors (Lipinski definition) is 6. The topological polar surface area (TPSA) is 91.2 Å². The Morgan fingerprint density at radius 1 is 1.35 bits per heavy atom. The summed E-state index contributed by atoms with van der Waals surface area (Å²) < 4.78 is 10.6. The van der Waals surface area contributed by atoms with E-state index in [1.165, 1.54) is 0 Å². The fourth-order valence-corrected chi connectivity index (χ4v) is 3.81. The molecule has 168 valence electrons. The molecule has 1 fully saturated rings. The molecule has 0 amide bonds. The smallest absolute Gasteiger partial charge is 0.191 e. The zero-order chi connectivity index (χ0) is 22.2. The number of nitrogens with zero attached hydrogens (tertiary/aromatic N) is 3. The number of pyridine rings is 1. The lowest BCUT2D eigenvalue weighted by Gasteiger charge is -2.20. The Labute approximate surface area is 188 Å². The van der Waals surface area contributed by atoms with Gasteiger partial charge in [-0.3, -0.25) is 4.99 Å². The molecule has 0 aliphatic carbocycles. The van der Waals surface area contributed by atoms with Crippen molar-refractivity contribution in [3.05, 3.63) is 47.1 Å². The first-order chi connectivity index (χ1) is 15.0. The molecule has 2 aromatic rings. The lowest BCUT2D eigenvalue weighted by molar-refractivity contribution is 0.182. The molecule has 3 rings (SSSR count). The molecule has 2 atom stereocenters. The van der Waals surface area contributed by atoms with E-state index in [-0.39, 0.29) is 12.6 Å². The number of guanidine groups is 1. The van der Waals surface area contributed by atoms with Crippen molar-refractivity contribution in [1.82, 2.24) is 15.6 Å². The van der Waals surface area contributed by atoms with E-state index < -0.39 is 6.10 Å². The van der Waals surface area contributed by atoms with E-state index in [1.54, 1.807) is 38.6 Å². The van der Waals surface area contributed by atoms with Crippen LogP contribution in [0, 0.1) is 0 Å². The molecule has 0 radical (unpaired) electrons. The van der Waals surface area contributed by atoms with Gasteiger partial charge in [-0.1, -0.05) is 11.6 Å². The van der Waals surface area contributed by atoms with E-state index in [0.29, 0.717) is 34.6 Å². The fourth-order valence-electron chi connectivity index (χ4n) is 3.57. The predicted molar refractivity (Wildman–Crippen MR) is 123 cm³/mol. The van der Waals surface area contributed by atoms with Crippen molar-refractivity contribution in [3.8, 4) is 11.5 Å². The summed E-state index contributed by atoms with van der Waals surface area (Å²) in [6.07, 6.45) is 1.86. The highest BCUT2D eigenvalue weighted by Gasteiger charge is 2.25. The SMILES string of the molecule is CCNC(=NCC(O)c1cc(OC)ccc1OC)NC1CCN(c2ncccc2Cl)C1. The van der Waals surface area contributed by atoms with E-state index in [1.807, 2.05) is 19.1 Å². The molecule has 3 N–H and O–H groups in total. The summed E-state index contributed by atoms with van der Waals surface area (Å²) in [6.45, 7) is 4.53. The lowest BCUT2D eigenvalue weighted by atomic mass is 10.1. The van der Waals surface area contributed by atoms with Crippen LogP contribution >= 0.6 is 11.6 Å². The monoisotopic (exact) mass is 447 g/mol. The maximum atomic E-state index is 10.7. The Hall–Kier alpha value is -2.71. The summed E-state index contributed by atoms with van der Waals surface area (Å²) in [5.74, 6) is 2.71. The number of methoxy groups -OCH3 is 2. The highest BCUT2D eigenvalue weighted by atomic mass is 35.5. The van der Waals surface area contributed by atoms with Gasteiger partial charge in [-0.2, -0.15) is 0 Å². The van der Waals surface area contributed by atoms with Gasteiger partial charge in [0.1, 0.15) is 23.4 Å². The molecular formula is C22H30ClN5O3. The molecule has 1 aliphatic heterocycles. The van der Waals surface area contributed by atoms with Gasteiger partial charge < -0.3 is 30.1 Å². The first-order valence-corrected chi connectivity index (χ1v) is 10.7. The van der Waals surface area contributed by atoms with Crippen LogP contribution in [0.25, 0.3) is 0 Å². The largest absolute Gasteiger partial charge is 0.497 e. The van der Waals surface area contributed by atoms with Crippen molar-refractivity contribution >= 4 is 23.4 Å². The number of nitrogens with one attached hydrogen (secondary N) is 2. The van der Waals surface area contributed by atoms with Gasteiger partial charge >= 0.3 is 0 Å². The highest BCUT2D eigenvalue weighted by Crippen LogP contribution is 2.29. The average molecular weight is 448 g/mol. The second kappa shape index (κ2) is 11.1. The Morgan fingerprint density at radius 2 is 2.19 bits per heavy atom. The van der Waals surface area contributed by atoms with Gasteiger partial charge in [-0.25, -0.2) is 4.98 Å². The van der Waals surface area contributed by atoms with Crippen LogP contribution in [0.2, 0.25) is 5.02 Å². The van der Waals surface area contributed by atoms with Gasteiger partial charge in [0.05, 0.1) is 25.8 Å². The maximum Gasteiger partial charge on any atom is 0.191 e. The number of aliphatic hydroxyl groups is 1. The van der Waals surface area contributed by atoms with E-state index >= 15 is 0 Å². The summed E-state index contributed by atoms with van der Waals surface area (Å²) in [7, 11) is 3.17. The maximum absolute atomic E-state index is 10.7. The first kappa shape index (κ1) is 23.0. The molecule has 1 aliphatic rings. The molecule has 9 heteroatoms. The van der Waals surface area contributed by atoms with Crippen LogP contribution in [-0.2, 0) is 0 Å². The Balaban J connectivity index is 1.65. The van der Waals surface area contributed by atoms with Crippen molar-refractivity contribution in [2.24, 2.45) is 4.99 Å². The van der Waals surface area contributed by atoms with Crippen LogP contribution in [0.5, 0.6) is 11.5 Å². The third-order valence-electron chi connectivity index (χ3n) is 5.13. The van der Waals surface area contributed by atoms with Gasteiger partial charge in [0.25, 0.3) is 0 Å². The van der Waals surface area contributed by atoms with Crippen LogP contribution in [0.1, 0.15) is 25.0 Å². The summed E-state index contributed by atoms with van der Waals surface area (Å²) in [5, 5.41) is 18.1. The van der Waals surface area contributed by atoms with Crippen LogP contribution in [-0.4, -0.2) is 62.5 Å². The fraction of sp³-hybridized carbons (Fsp3) is 0.455. The van der Waals surface area contributed by atoms with E-state index in [2.05, 4.69) is 25.5 Å². The van der Waals surface area contributed by atoms with Crippen molar-refractivity contribution in [2.45, 2.75) is 25.5 Å². The third-order valence-corrected chi connectivity index (χ3v) is 5.43. The van der Waals surface area contributed by atoms with Crippen LogP contribution in [0.15, 0.2) is 41.5 Å². The molecule has 8 nitrogen and oxygen atoms in total. The standard InChI is InChI=1S/C22H30ClN5O3/c1-4-24-22(26-13-19(29)17-12-16(30-2)7-8-20(17)31-3)27-15-9-11-28(14-15)21-18(23)6-5-10-25-21/h5-8,10,12,15,19,29H,4,9,11,13-14H2,1-3H3,(H2,24,26,27). The molecule has 0 bridgehead atoms. The first-order valence-electron chi connectivity index (χ1n) is 10.4. The van der Waals surface area contributed by atoms with Gasteiger partial charge in [-0.15, -0.1) is 0 Å². The van der Waals surface area contributed by atoms with Crippen molar-refractivity contribution in [3.63, 3.8) is 0 Å². The summed E-state index contributed by atoms with van der Waals surface area (Å²) in [6, 6.07) is 9.22.